The van der Waals surface area contributed by atoms with Gasteiger partial charge in [-0.3, -0.25) is 4.79 Å². The number of hydrogen-bond donors (Lipinski definition) is 1. The Morgan fingerprint density at radius 2 is 1.75 bits per heavy atom. The van der Waals surface area contributed by atoms with Gasteiger partial charge >= 0.3 is 0 Å². The zero-order valence-corrected chi connectivity index (χ0v) is 16.4. The molecule has 5 nitrogen and oxygen atoms in total. The molecule has 1 amide bonds. The average molecular weight is 391 g/mol. The SMILES string of the molecule is O=C(NC1Cc2ccccc2C1)C1(Cc2ccccc2)CN(c2nncs2)C1. The molecule has 1 aliphatic heterocycles. The van der Waals surface area contributed by atoms with Crippen LogP contribution in [0.4, 0.5) is 5.13 Å². The molecule has 0 atom stereocenters. The number of benzene rings is 2. The summed E-state index contributed by atoms with van der Waals surface area (Å²) in [4.78, 5) is 15.6. The van der Waals surface area contributed by atoms with Gasteiger partial charge in [0.05, 0.1) is 5.41 Å². The molecule has 0 radical (unpaired) electrons. The van der Waals surface area contributed by atoms with Crippen LogP contribution in [0.5, 0.6) is 0 Å². The first-order chi connectivity index (χ1) is 13.7. The number of anilines is 1. The minimum absolute atomic E-state index is 0.162. The van der Waals surface area contributed by atoms with E-state index in [0.717, 1.165) is 24.4 Å². The third-order valence-electron chi connectivity index (χ3n) is 5.86. The topological polar surface area (TPSA) is 58.1 Å². The number of rotatable bonds is 5. The normalized spacial score (nSPS) is 17.8. The van der Waals surface area contributed by atoms with Crippen molar-refractivity contribution in [2.45, 2.75) is 25.3 Å². The molecule has 3 aromatic rings. The molecule has 0 saturated carbocycles. The van der Waals surface area contributed by atoms with E-state index in [-0.39, 0.29) is 11.9 Å². The number of fused-ring (bicyclic) bond motifs is 1. The molecule has 1 fully saturated rings. The van der Waals surface area contributed by atoms with Gasteiger partial charge in [-0.25, -0.2) is 0 Å². The summed E-state index contributed by atoms with van der Waals surface area (Å²) in [6, 6.07) is 19.0. The van der Waals surface area contributed by atoms with Crippen molar-refractivity contribution >= 4 is 22.4 Å². The van der Waals surface area contributed by atoms with Crippen molar-refractivity contribution in [1.82, 2.24) is 15.5 Å². The molecule has 142 valence electrons. The number of carbonyl (C=O) groups is 1. The Hall–Kier alpha value is -2.73. The van der Waals surface area contributed by atoms with Crippen molar-refractivity contribution in [3.05, 3.63) is 76.8 Å². The molecule has 0 bridgehead atoms. The van der Waals surface area contributed by atoms with Crippen molar-refractivity contribution < 1.29 is 4.79 Å². The van der Waals surface area contributed by atoms with E-state index < -0.39 is 5.41 Å². The lowest BCUT2D eigenvalue weighted by atomic mass is 9.74. The van der Waals surface area contributed by atoms with Crippen molar-refractivity contribution in [3.8, 4) is 0 Å². The van der Waals surface area contributed by atoms with Crippen LogP contribution in [-0.4, -0.2) is 35.2 Å². The van der Waals surface area contributed by atoms with Crippen LogP contribution >= 0.6 is 11.3 Å². The van der Waals surface area contributed by atoms with Gasteiger partial charge in [0.2, 0.25) is 11.0 Å². The van der Waals surface area contributed by atoms with Gasteiger partial charge in [-0.2, -0.15) is 0 Å². The Bertz CT molecular complexity index is 942. The highest BCUT2D eigenvalue weighted by molar-refractivity contribution is 7.13. The summed E-state index contributed by atoms with van der Waals surface area (Å²) >= 11 is 1.52. The first kappa shape index (κ1) is 17.4. The lowest BCUT2D eigenvalue weighted by molar-refractivity contribution is -0.133. The first-order valence-electron chi connectivity index (χ1n) is 9.65. The number of nitrogens with zero attached hydrogens (tertiary/aromatic N) is 3. The van der Waals surface area contributed by atoms with Gasteiger partial charge in [0.25, 0.3) is 0 Å². The Kier molecular flexibility index (Phi) is 4.36. The molecule has 2 aliphatic rings. The van der Waals surface area contributed by atoms with Crippen molar-refractivity contribution in [2.24, 2.45) is 5.41 Å². The molecule has 1 aromatic heterocycles. The van der Waals surface area contributed by atoms with Crippen LogP contribution in [0.3, 0.4) is 0 Å². The van der Waals surface area contributed by atoms with Crippen LogP contribution in [0.15, 0.2) is 60.1 Å². The standard InChI is InChI=1S/C22H22N4OS/c27-20(24-19-10-17-8-4-5-9-18(17)11-19)22(12-16-6-2-1-3-7-16)13-26(14-22)21-25-23-15-28-21/h1-9,15,19H,10-14H2,(H,24,27). The Morgan fingerprint density at radius 3 is 2.39 bits per heavy atom. The molecule has 5 rings (SSSR count). The highest BCUT2D eigenvalue weighted by atomic mass is 32.1. The van der Waals surface area contributed by atoms with Gasteiger partial charge in [0, 0.05) is 19.1 Å². The minimum atomic E-state index is -0.415. The van der Waals surface area contributed by atoms with Gasteiger partial charge in [0.1, 0.15) is 5.51 Å². The first-order valence-corrected chi connectivity index (χ1v) is 10.5. The zero-order chi connectivity index (χ0) is 19.0. The molecule has 6 heteroatoms. The van der Waals surface area contributed by atoms with Crippen LogP contribution in [0.2, 0.25) is 0 Å². The van der Waals surface area contributed by atoms with Gasteiger partial charge in [0.15, 0.2) is 0 Å². The third kappa shape index (κ3) is 3.18. The maximum absolute atomic E-state index is 13.4. The number of aromatic nitrogens is 2. The molecule has 0 unspecified atom stereocenters. The molecule has 2 heterocycles. The van der Waals surface area contributed by atoms with Crippen LogP contribution in [-0.2, 0) is 24.1 Å². The largest absolute Gasteiger partial charge is 0.352 e. The lowest BCUT2D eigenvalue weighted by Crippen LogP contribution is -2.65. The average Bonchev–Trinajstić information content (AvgIpc) is 3.34. The second kappa shape index (κ2) is 7.02. The van der Waals surface area contributed by atoms with Gasteiger partial charge in [-0.05, 0) is 36.0 Å². The fraction of sp³-hybridized carbons (Fsp3) is 0.318. The Balaban J connectivity index is 1.32. The second-order valence-corrected chi connectivity index (χ2v) is 8.68. The van der Waals surface area contributed by atoms with Gasteiger partial charge in [-0.15, -0.1) is 10.2 Å². The highest BCUT2D eigenvalue weighted by Crippen LogP contribution is 2.38. The summed E-state index contributed by atoms with van der Waals surface area (Å²) in [6.45, 7) is 1.37. The summed E-state index contributed by atoms with van der Waals surface area (Å²) in [7, 11) is 0. The van der Waals surface area contributed by atoms with Gasteiger partial charge in [-0.1, -0.05) is 65.9 Å². The maximum atomic E-state index is 13.4. The van der Waals surface area contributed by atoms with E-state index in [9.17, 15) is 4.79 Å². The van der Waals surface area contributed by atoms with Crippen LogP contribution in [0.1, 0.15) is 16.7 Å². The molecule has 0 spiro atoms. The summed E-state index contributed by atoms with van der Waals surface area (Å²) in [5.74, 6) is 0.162. The van der Waals surface area contributed by atoms with E-state index in [0.29, 0.717) is 13.1 Å². The van der Waals surface area contributed by atoms with E-state index in [1.54, 1.807) is 5.51 Å². The van der Waals surface area contributed by atoms with Crippen molar-refractivity contribution in [3.63, 3.8) is 0 Å². The molecule has 2 aromatic carbocycles. The number of carbonyl (C=O) groups excluding carboxylic acids is 1. The summed E-state index contributed by atoms with van der Waals surface area (Å²) in [5, 5.41) is 12.3. The molecule has 1 aliphatic carbocycles. The van der Waals surface area contributed by atoms with E-state index >= 15 is 0 Å². The minimum Gasteiger partial charge on any atom is -0.352 e. The molecular weight excluding hydrogens is 368 g/mol. The van der Waals surface area contributed by atoms with Crippen LogP contribution < -0.4 is 10.2 Å². The number of hydrogen-bond acceptors (Lipinski definition) is 5. The monoisotopic (exact) mass is 390 g/mol. The quantitative estimate of drug-likeness (QED) is 0.728. The van der Waals surface area contributed by atoms with E-state index in [1.807, 2.05) is 18.2 Å². The van der Waals surface area contributed by atoms with Crippen LogP contribution in [0, 0.1) is 5.41 Å². The fourth-order valence-electron chi connectivity index (χ4n) is 4.45. The highest BCUT2D eigenvalue weighted by Gasteiger charge is 2.50. The Labute approximate surface area is 168 Å². The van der Waals surface area contributed by atoms with Gasteiger partial charge < -0.3 is 10.2 Å². The fourth-order valence-corrected chi connectivity index (χ4v) is 5.01. The lowest BCUT2D eigenvalue weighted by Gasteiger charge is -2.49. The zero-order valence-electron chi connectivity index (χ0n) is 15.5. The van der Waals surface area contributed by atoms with Crippen LogP contribution in [0.25, 0.3) is 0 Å². The predicted molar refractivity (Wildman–Crippen MR) is 110 cm³/mol. The molecule has 1 saturated heterocycles. The van der Waals surface area contributed by atoms with E-state index in [1.165, 1.54) is 28.0 Å². The van der Waals surface area contributed by atoms with Crippen molar-refractivity contribution in [1.29, 1.82) is 0 Å². The smallest absolute Gasteiger partial charge is 0.230 e. The third-order valence-corrected chi connectivity index (χ3v) is 6.61. The summed E-state index contributed by atoms with van der Waals surface area (Å²) in [5.41, 5.74) is 5.23. The molecule has 1 N–H and O–H groups in total. The van der Waals surface area contributed by atoms with Crippen molar-refractivity contribution in [2.75, 3.05) is 18.0 Å². The number of amides is 1. The van der Waals surface area contributed by atoms with E-state index in [4.69, 9.17) is 0 Å². The summed E-state index contributed by atoms with van der Waals surface area (Å²) < 4.78 is 0. The number of nitrogens with one attached hydrogen (secondary N) is 1. The predicted octanol–water partition coefficient (Wildman–Crippen LogP) is 2.87. The second-order valence-electron chi connectivity index (χ2n) is 7.87. The molecule has 28 heavy (non-hydrogen) atoms. The summed E-state index contributed by atoms with van der Waals surface area (Å²) in [6.07, 6.45) is 2.58. The Morgan fingerprint density at radius 1 is 1.07 bits per heavy atom. The van der Waals surface area contributed by atoms with E-state index in [2.05, 4.69) is 56.8 Å². The maximum Gasteiger partial charge on any atom is 0.230 e. The molecular formula is C22H22N4OS.